The average molecular weight is 347 g/mol. The first-order chi connectivity index (χ1) is 12.7. The number of benzene rings is 1. The lowest BCUT2D eigenvalue weighted by Crippen LogP contribution is -2.20. The molecule has 2 amide bonds. The fourth-order valence-corrected chi connectivity index (χ4v) is 2.25. The first-order valence-corrected chi connectivity index (χ1v) is 8.00. The van der Waals surface area contributed by atoms with Crippen molar-refractivity contribution in [1.29, 1.82) is 0 Å². The van der Waals surface area contributed by atoms with Gasteiger partial charge in [0, 0.05) is 36.3 Å². The van der Waals surface area contributed by atoms with Gasteiger partial charge in [-0.3, -0.25) is 14.6 Å². The van der Waals surface area contributed by atoms with Gasteiger partial charge < -0.3 is 15.1 Å². The lowest BCUT2D eigenvalue weighted by atomic mass is 10.1. The smallest absolute Gasteiger partial charge is 0.255 e. The molecule has 6 nitrogen and oxygen atoms in total. The van der Waals surface area contributed by atoms with Crippen LogP contribution in [0, 0.1) is 0 Å². The molecular formula is C20H17N3O3. The molecule has 2 heterocycles. The van der Waals surface area contributed by atoms with E-state index in [0.29, 0.717) is 23.6 Å². The number of amides is 2. The maximum atomic E-state index is 12.3. The minimum atomic E-state index is -0.243. The summed E-state index contributed by atoms with van der Waals surface area (Å²) >= 11 is 0. The zero-order valence-corrected chi connectivity index (χ0v) is 13.9. The predicted octanol–water partition coefficient (Wildman–Crippen LogP) is 3.26. The SMILES string of the molecule is O=C(/C=C\c1ccco1)NCc1cccc(C(=O)Nc2ccncc2)c1. The quantitative estimate of drug-likeness (QED) is 0.670. The molecule has 0 aliphatic carbocycles. The number of furan rings is 1. The summed E-state index contributed by atoms with van der Waals surface area (Å²) in [7, 11) is 0. The maximum absolute atomic E-state index is 12.3. The van der Waals surface area contributed by atoms with Gasteiger partial charge in [-0.25, -0.2) is 0 Å². The van der Waals surface area contributed by atoms with E-state index in [0.717, 1.165) is 5.56 Å². The molecule has 2 N–H and O–H groups in total. The van der Waals surface area contributed by atoms with Crippen molar-refractivity contribution >= 4 is 23.6 Å². The first-order valence-electron chi connectivity index (χ1n) is 8.00. The van der Waals surface area contributed by atoms with Crippen LogP contribution in [0.2, 0.25) is 0 Å². The van der Waals surface area contributed by atoms with Gasteiger partial charge in [-0.05, 0) is 48.0 Å². The molecular weight excluding hydrogens is 330 g/mol. The zero-order valence-electron chi connectivity index (χ0n) is 13.9. The van der Waals surface area contributed by atoms with Crippen molar-refractivity contribution in [3.63, 3.8) is 0 Å². The molecule has 0 aliphatic heterocycles. The lowest BCUT2D eigenvalue weighted by Gasteiger charge is -2.07. The summed E-state index contributed by atoms with van der Waals surface area (Å²) in [4.78, 5) is 28.1. The van der Waals surface area contributed by atoms with Crippen LogP contribution in [0.4, 0.5) is 5.69 Å². The highest BCUT2D eigenvalue weighted by molar-refractivity contribution is 6.04. The molecule has 0 saturated carbocycles. The van der Waals surface area contributed by atoms with Crippen molar-refractivity contribution in [2.75, 3.05) is 5.32 Å². The Labute approximate surface area is 150 Å². The van der Waals surface area contributed by atoms with Crippen molar-refractivity contribution < 1.29 is 14.0 Å². The van der Waals surface area contributed by atoms with E-state index in [1.165, 1.54) is 6.08 Å². The van der Waals surface area contributed by atoms with Gasteiger partial charge in [-0.15, -0.1) is 0 Å². The standard InChI is InChI=1S/C20H17N3O3/c24-19(7-6-18-5-2-12-26-18)22-14-15-3-1-4-16(13-15)20(25)23-17-8-10-21-11-9-17/h1-13H,14H2,(H,22,24)(H,21,23,25)/b7-6-. The molecule has 0 fully saturated rings. The number of carbonyl (C=O) groups is 2. The molecule has 3 aromatic rings. The van der Waals surface area contributed by atoms with E-state index < -0.39 is 0 Å². The van der Waals surface area contributed by atoms with Gasteiger partial charge in [0.05, 0.1) is 6.26 Å². The second-order valence-corrected chi connectivity index (χ2v) is 5.46. The van der Waals surface area contributed by atoms with Gasteiger partial charge in [0.1, 0.15) is 5.76 Å². The van der Waals surface area contributed by atoms with Gasteiger partial charge >= 0.3 is 0 Å². The van der Waals surface area contributed by atoms with Crippen LogP contribution in [-0.2, 0) is 11.3 Å². The van der Waals surface area contributed by atoms with Crippen LogP contribution in [0.15, 0.2) is 77.7 Å². The Kier molecular flexibility index (Phi) is 5.57. The molecule has 6 heteroatoms. The first kappa shape index (κ1) is 17.2. The topological polar surface area (TPSA) is 84.2 Å². The summed E-state index contributed by atoms with van der Waals surface area (Å²) in [5, 5.41) is 5.57. The Morgan fingerprint density at radius 1 is 1.08 bits per heavy atom. The molecule has 0 bridgehead atoms. The van der Waals surface area contributed by atoms with Crippen LogP contribution in [0.5, 0.6) is 0 Å². The van der Waals surface area contributed by atoms with Crippen molar-refractivity contribution in [1.82, 2.24) is 10.3 Å². The van der Waals surface area contributed by atoms with Gasteiger partial charge in [0.2, 0.25) is 5.91 Å². The fourth-order valence-electron chi connectivity index (χ4n) is 2.25. The Bertz CT molecular complexity index is 903. The Balaban J connectivity index is 1.57. The Hall–Kier alpha value is -3.67. The third-order valence-corrected chi connectivity index (χ3v) is 3.54. The van der Waals surface area contributed by atoms with Crippen molar-refractivity contribution in [3.8, 4) is 0 Å². The van der Waals surface area contributed by atoms with E-state index in [4.69, 9.17) is 4.42 Å². The molecule has 3 rings (SSSR count). The number of anilines is 1. The van der Waals surface area contributed by atoms with Crippen LogP contribution in [-0.4, -0.2) is 16.8 Å². The number of aromatic nitrogens is 1. The molecule has 0 aliphatic rings. The van der Waals surface area contributed by atoms with E-state index in [9.17, 15) is 9.59 Å². The van der Waals surface area contributed by atoms with E-state index in [2.05, 4.69) is 15.6 Å². The maximum Gasteiger partial charge on any atom is 0.255 e. The minimum absolute atomic E-state index is 0.220. The zero-order chi connectivity index (χ0) is 18.2. The molecule has 0 unspecified atom stereocenters. The van der Waals surface area contributed by atoms with Crippen molar-refractivity contribution in [3.05, 3.63) is 90.2 Å². The average Bonchev–Trinajstić information content (AvgIpc) is 3.19. The number of carbonyl (C=O) groups excluding carboxylic acids is 2. The van der Waals surface area contributed by atoms with Gasteiger partial charge in [-0.1, -0.05) is 12.1 Å². The highest BCUT2D eigenvalue weighted by Gasteiger charge is 2.07. The van der Waals surface area contributed by atoms with Crippen LogP contribution in [0.3, 0.4) is 0 Å². The van der Waals surface area contributed by atoms with E-state index in [1.807, 2.05) is 6.07 Å². The van der Waals surface area contributed by atoms with Gasteiger partial charge in [0.25, 0.3) is 5.91 Å². The number of rotatable bonds is 6. The highest BCUT2D eigenvalue weighted by atomic mass is 16.3. The number of hydrogen-bond acceptors (Lipinski definition) is 4. The number of hydrogen-bond donors (Lipinski definition) is 2. The normalized spacial score (nSPS) is 10.6. The second kappa shape index (κ2) is 8.43. The summed E-state index contributed by atoms with van der Waals surface area (Å²) in [5.41, 5.74) is 2.01. The summed E-state index contributed by atoms with van der Waals surface area (Å²) in [6, 6.07) is 14.0. The van der Waals surface area contributed by atoms with Gasteiger partial charge in [0.15, 0.2) is 0 Å². The molecule has 26 heavy (non-hydrogen) atoms. The number of nitrogens with one attached hydrogen (secondary N) is 2. The number of nitrogens with zero attached hydrogens (tertiary/aromatic N) is 1. The van der Waals surface area contributed by atoms with Crippen molar-refractivity contribution in [2.45, 2.75) is 6.54 Å². The molecule has 0 atom stereocenters. The molecule has 130 valence electrons. The lowest BCUT2D eigenvalue weighted by molar-refractivity contribution is -0.116. The fraction of sp³-hybridized carbons (Fsp3) is 0.0500. The minimum Gasteiger partial charge on any atom is -0.465 e. The van der Waals surface area contributed by atoms with Crippen LogP contribution in [0.25, 0.3) is 6.08 Å². The summed E-state index contributed by atoms with van der Waals surface area (Å²) in [5.74, 6) is 0.144. The molecule has 2 aromatic heterocycles. The van der Waals surface area contributed by atoms with Crippen LogP contribution < -0.4 is 10.6 Å². The molecule has 0 spiro atoms. The van der Waals surface area contributed by atoms with E-state index >= 15 is 0 Å². The third-order valence-electron chi connectivity index (χ3n) is 3.54. The van der Waals surface area contributed by atoms with Crippen LogP contribution in [0.1, 0.15) is 21.7 Å². The summed E-state index contributed by atoms with van der Waals surface area (Å²) in [6.07, 6.45) is 7.75. The monoisotopic (exact) mass is 347 g/mol. The highest BCUT2D eigenvalue weighted by Crippen LogP contribution is 2.10. The summed E-state index contributed by atoms with van der Waals surface area (Å²) in [6.45, 7) is 0.317. The van der Waals surface area contributed by atoms with Crippen LogP contribution >= 0.6 is 0 Å². The molecule has 0 saturated heterocycles. The van der Waals surface area contributed by atoms with Crippen molar-refractivity contribution in [2.24, 2.45) is 0 Å². The number of pyridine rings is 1. The van der Waals surface area contributed by atoms with E-state index in [1.54, 1.807) is 67.2 Å². The second-order valence-electron chi connectivity index (χ2n) is 5.46. The predicted molar refractivity (Wildman–Crippen MR) is 98.2 cm³/mol. The largest absolute Gasteiger partial charge is 0.465 e. The summed E-state index contributed by atoms with van der Waals surface area (Å²) < 4.78 is 5.12. The Morgan fingerprint density at radius 2 is 1.92 bits per heavy atom. The molecule has 0 radical (unpaired) electrons. The molecule has 1 aromatic carbocycles. The Morgan fingerprint density at radius 3 is 2.69 bits per heavy atom. The van der Waals surface area contributed by atoms with Gasteiger partial charge in [-0.2, -0.15) is 0 Å². The van der Waals surface area contributed by atoms with E-state index in [-0.39, 0.29) is 11.8 Å². The third kappa shape index (κ3) is 4.91.